The Labute approximate surface area is 128 Å². The standard InChI is InChI=1S/C16H16N2O4/c1-17(11-12-3-9-15(22-2)10-4-12)16(19)13-5-7-14(8-6-13)18(20)21/h3-10H,11H2,1-2H3. The lowest BCUT2D eigenvalue weighted by Gasteiger charge is -2.17. The van der Waals surface area contributed by atoms with Gasteiger partial charge in [0.2, 0.25) is 0 Å². The highest BCUT2D eigenvalue weighted by molar-refractivity contribution is 5.94. The zero-order valence-corrected chi connectivity index (χ0v) is 12.4. The number of methoxy groups -OCH3 is 1. The van der Waals surface area contributed by atoms with Crippen LogP contribution in [0.15, 0.2) is 48.5 Å². The summed E-state index contributed by atoms with van der Waals surface area (Å²) >= 11 is 0. The summed E-state index contributed by atoms with van der Waals surface area (Å²) in [5.41, 5.74) is 1.36. The highest BCUT2D eigenvalue weighted by Gasteiger charge is 2.14. The average Bonchev–Trinajstić information content (AvgIpc) is 2.55. The van der Waals surface area contributed by atoms with E-state index < -0.39 is 4.92 Å². The number of benzene rings is 2. The molecule has 0 N–H and O–H groups in total. The van der Waals surface area contributed by atoms with Gasteiger partial charge in [0.1, 0.15) is 5.75 Å². The van der Waals surface area contributed by atoms with E-state index >= 15 is 0 Å². The molecule has 2 rings (SSSR count). The Balaban J connectivity index is 2.06. The molecular weight excluding hydrogens is 284 g/mol. The van der Waals surface area contributed by atoms with Gasteiger partial charge in [0.05, 0.1) is 12.0 Å². The number of hydrogen-bond acceptors (Lipinski definition) is 4. The molecule has 0 atom stereocenters. The number of carbonyl (C=O) groups excluding carboxylic acids is 1. The van der Waals surface area contributed by atoms with E-state index in [9.17, 15) is 14.9 Å². The molecule has 0 aliphatic rings. The molecule has 0 saturated heterocycles. The molecule has 2 aromatic carbocycles. The molecule has 0 bridgehead atoms. The second-order valence-corrected chi connectivity index (χ2v) is 4.81. The zero-order chi connectivity index (χ0) is 16.1. The van der Waals surface area contributed by atoms with Crippen LogP contribution in [0.25, 0.3) is 0 Å². The van der Waals surface area contributed by atoms with Gasteiger partial charge in [-0.2, -0.15) is 0 Å². The zero-order valence-electron chi connectivity index (χ0n) is 12.4. The molecule has 0 radical (unpaired) electrons. The number of rotatable bonds is 5. The minimum absolute atomic E-state index is 0.0330. The first-order chi connectivity index (χ1) is 10.5. The van der Waals surface area contributed by atoms with E-state index in [0.29, 0.717) is 12.1 Å². The van der Waals surface area contributed by atoms with Crippen molar-refractivity contribution in [2.24, 2.45) is 0 Å². The van der Waals surface area contributed by atoms with E-state index in [-0.39, 0.29) is 11.6 Å². The van der Waals surface area contributed by atoms with E-state index in [2.05, 4.69) is 0 Å². The third-order valence-electron chi connectivity index (χ3n) is 3.25. The molecule has 0 heterocycles. The average molecular weight is 300 g/mol. The molecule has 0 aliphatic carbocycles. The SMILES string of the molecule is COc1ccc(CN(C)C(=O)c2ccc([N+](=O)[O-])cc2)cc1. The Hall–Kier alpha value is -2.89. The summed E-state index contributed by atoms with van der Waals surface area (Å²) in [6.07, 6.45) is 0. The number of non-ortho nitro benzene ring substituents is 1. The van der Waals surface area contributed by atoms with Crippen molar-refractivity contribution in [3.05, 3.63) is 69.8 Å². The summed E-state index contributed by atoms with van der Waals surface area (Å²) in [6, 6.07) is 13.0. The highest BCUT2D eigenvalue weighted by Crippen LogP contribution is 2.16. The van der Waals surface area contributed by atoms with Crippen molar-refractivity contribution in [1.29, 1.82) is 0 Å². The third kappa shape index (κ3) is 3.60. The lowest BCUT2D eigenvalue weighted by atomic mass is 10.1. The molecule has 0 aromatic heterocycles. The van der Waals surface area contributed by atoms with Gasteiger partial charge < -0.3 is 9.64 Å². The van der Waals surface area contributed by atoms with Crippen molar-refractivity contribution in [2.75, 3.05) is 14.2 Å². The molecule has 6 nitrogen and oxygen atoms in total. The van der Waals surface area contributed by atoms with Gasteiger partial charge >= 0.3 is 0 Å². The second kappa shape index (κ2) is 6.71. The molecule has 2 aromatic rings. The van der Waals surface area contributed by atoms with Gasteiger partial charge in [-0.3, -0.25) is 14.9 Å². The van der Waals surface area contributed by atoms with Gasteiger partial charge in [0.15, 0.2) is 0 Å². The largest absolute Gasteiger partial charge is 0.497 e. The lowest BCUT2D eigenvalue weighted by molar-refractivity contribution is -0.384. The summed E-state index contributed by atoms with van der Waals surface area (Å²) in [6.45, 7) is 0.444. The van der Waals surface area contributed by atoms with Crippen molar-refractivity contribution >= 4 is 11.6 Å². The lowest BCUT2D eigenvalue weighted by Crippen LogP contribution is -2.26. The Morgan fingerprint density at radius 2 is 1.73 bits per heavy atom. The molecule has 0 fully saturated rings. The third-order valence-corrected chi connectivity index (χ3v) is 3.25. The van der Waals surface area contributed by atoms with E-state index in [0.717, 1.165) is 11.3 Å². The summed E-state index contributed by atoms with van der Waals surface area (Å²) in [5, 5.41) is 10.6. The first kappa shape index (κ1) is 15.5. The predicted octanol–water partition coefficient (Wildman–Crippen LogP) is 2.88. The summed E-state index contributed by atoms with van der Waals surface area (Å²) in [7, 11) is 3.28. The van der Waals surface area contributed by atoms with Gasteiger partial charge in [0.25, 0.3) is 11.6 Å². The van der Waals surface area contributed by atoms with Crippen LogP contribution in [0, 0.1) is 10.1 Å². The van der Waals surface area contributed by atoms with Crippen LogP contribution < -0.4 is 4.74 Å². The maximum absolute atomic E-state index is 12.3. The Morgan fingerprint density at radius 3 is 2.23 bits per heavy atom. The minimum Gasteiger partial charge on any atom is -0.497 e. The van der Waals surface area contributed by atoms with Crippen LogP contribution in [-0.4, -0.2) is 29.9 Å². The topological polar surface area (TPSA) is 72.7 Å². The maximum atomic E-state index is 12.3. The molecule has 22 heavy (non-hydrogen) atoms. The van der Waals surface area contributed by atoms with E-state index in [1.165, 1.54) is 24.3 Å². The molecule has 0 spiro atoms. The normalized spacial score (nSPS) is 10.1. The predicted molar refractivity (Wildman–Crippen MR) is 81.9 cm³/mol. The monoisotopic (exact) mass is 300 g/mol. The van der Waals surface area contributed by atoms with Crippen LogP contribution >= 0.6 is 0 Å². The fraction of sp³-hybridized carbons (Fsp3) is 0.188. The number of hydrogen-bond donors (Lipinski definition) is 0. The van der Waals surface area contributed by atoms with Crippen molar-refractivity contribution in [2.45, 2.75) is 6.54 Å². The van der Waals surface area contributed by atoms with Crippen molar-refractivity contribution in [3.63, 3.8) is 0 Å². The van der Waals surface area contributed by atoms with Crippen LogP contribution in [0.1, 0.15) is 15.9 Å². The van der Waals surface area contributed by atoms with Crippen LogP contribution in [-0.2, 0) is 6.54 Å². The fourth-order valence-electron chi connectivity index (χ4n) is 2.02. The molecule has 6 heteroatoms. The Bertz CT molecular complexity index is 666. The summed E-state index contributed by atoms with van der Waals surface area (Å²) in [4.78, 5) is 24.0. The number of nitro groups is 1. The van der Waals surface area contributed by atoms with Gasteiger partial charge in [-0.25, -0.2) is 0 Å². The van der Waals surface area contributed by atoms with Gasteiger partial charge in [-0.1, -0.05) is 12.1 Å². The fourth-order valence-corrected chi connectivity index (χ4v) is 2.02. The van der Waals surface area contributed by atoms with E-state index in [1.54, 1.807) is 19.1 Å². The second-order valence-electron chi connectivity index (χ2n) is 4.81. The maximum Gasteiger partial charge on any atom is 0.269 e. The van der Waals surface area contributed by atoms with Crippen molar-refractivity contribution < 1.29 is 14.5 Å². The summed E-state index contributed by atoms with van der Waals surface area (Å²) in [5.74, 6) is 0.568. The minimum atomic E-state index is -0.491. The molecule has 114 valence electrons. The molecule has 0 aliphatic heterocycles. The summed E-state index contributed by atoms with van der Waals surface area (Å²) < 4.78 is 5.09. The van der Waals surface area contributed by atoms with Gasteiger partial charge in [-0.05, 0) is 29.8 Å². The molecule has 1 amide bonds. The number of ether oxygens (including phenoxy) is 1. The Kier molecular flexibility index (Phi) is 4.73. The van der Waals surface area contributed by atoms with Crippen LogP contribution in [0.2, 0.25) is 0 Å². The Morgan fingerprint density at radius 1 is 1.14 bits per heavy atom. The van der Waals surface area contributed by atoms with Gasteiger partial charge in [0, 0.05) is 31.3 Å². The number of nitrogens with zero attached hydrogens (tertiary/aromatic N) is 2. The smallest absolute Gasteiger partial charge is 0.269 e. The molecule has 0 unspecified atom stereocenters. The number of nitro benzene ring substituents is 1. The van der Waals surface area contributed by atoms with Crippen molar-refractivity contribution in [3.8, 4) is 5.75 Å². The molecular formula is C16H16N2O4. The number of amides is 1. The van der Waals surface area contributed by atoms with Crippen molar-refractivity contribution in [1.82, 2.24) is 4.90 Å². The first-order valence-corrected chi connectivity index (χ1v) is 6.64. The van der Waals surface area contributed by atoms with Crippen LogP contribution in [0.4, 0.5) is 5.69 Å². The molecule has 0 saturated carbocycles. The first-order valence-electron chi connectivity index (χ1n) is 6.64. The quantitative estimate of drug-likeness (QED) is 0.628. The van der Waals surface area contributed by atoms with Crippen LogP contribution in [0.3, 0.4) is 0 Å². The number of carbonyl (C=O) groups is 1. The van der Waals surface area contributed by atoms with E-state index in [1.807, 2.05) is 24.3 Å². The highest BCUT2D eigenvalue weighted by atomic mass is 16.6. The van der Waals surface area contributed by atoms with E-state index in [4.69, 9.17) is 4.74 Å². The van der Waals surface area contributed by atoms with Crippen LogP contribution in [0.5, 0.6) is 5.75 Å². The van der Waals surface area contributed by atoms with Gasteiger partial charge in [-0.15, -0.1) is 0 Å².